The molecule has 0 bridgehead atoms. The number of benzene rings is 1. The molecule has 1 atom stereocenters. The molecule has 1 rings (SSSR count). The molecule has 15 heavy (non-hydrogen) atoms. The number of aryl methyl sites for hydroxylation is 1. The first-order valence-corrected chi connectivity index (χ1v) is 5.59. The summed E-state index contributed by atoms with van der Waals surface area (Å²) in [6.07, 6.45) is 1.26. The first-order chi connectivity index (χ1) is 7.04. The molecule has 3 N–H and O–H groups in total. The Labute approximate surface area is 97.4 Å². The molecule has 1 aromatic carbocycles. The second-order valence-electron chi connectivity index (χ2n) is 3.42. The van der Waals surface area contributed by atoms with Crippen molar-refractivity contribution in [3.8, 4) is 0 Å². The van der Waals surface area contributed by atoms with E-state index >= 15 is 0 Å². The van der Waals surface area contributed by atoms with E-state index in [-0.39, 0.29) is 0 Å². The van der Waals surface area contributed by atoms with Gasteiger partial charge < -0.3 is 10.8 Å². The standard InChI is InChI=1S/C11H14BrNO2/c1-2-7-3-4-9(12)5-8(7)6-10(13)11(14)15/h3-5,10H,2,6,13H2,1H3,(H,14,15). The monoisotopic (exact) mass is 271 g/mol. The van der Waals surface area contributed by atoms with Gasteiger partial charge in [0.15, 0.2) is 0 Å². The van der Waals surface area contributed by atoms with Gasteiger partial charge in [-0.2, -0.15) is 0 Å². The SMILES string of the molecule is CCc1ccc(Br)cc1CC(N)C(=O)O. The molecule has 0 amide bonds. The third-order valence-corrected chi connectivity index (χ3v) is 2.80. The highest BCUT2D eigenvalue weighted by atomic mass is 79.9. The van der Waals surface area contributed by atoms with Crippen LogP contribution in [0.1, 0.15) is 18.1 Å². The van der Waals surface area contributed by atoms with Crippen molar-refractivity contribution in [3.63, 3.8) is 0 Å². The van der Waals surface area contributed by atoms with E-state index in [1.165, 1.54) is 0 Å². The Hall–Kier alpha value is -0.870. The molecule has 82 valence electrons. The van der Waals surface area contributed by atoms with Crippen LogP contribution in [0.25, 0.3) is 0 Å². The number of nitrogens with two attached hydrogens (primary N) is 1. The first kappa shape index (κ1) is 12.2. The zero-order valence-electron chi connectivity index (χ0n) is 8.53. The van der Waals surface area contributed by atoms with Crippen molar-refractivity contribution in [1.29, 1.82) is 0 Å². The summed E-state index contributed by atoms with van der Waals surface area (Å²) in [7, 11) is 0. The number of halogens is 1. The van der Waals surface area contributed by atoms with E-state index in [0.29, 0.717) is 6.42 Å². The summed E-state index contributed by atoms with van der Waals surface area (Å²) in [4.78, 5) is 10.7. The lowest BCUT2D eigenvalue weighted by Crippen LogP contribution is -2.32. The third kappa shape index (κ3) is 3.32. The zero-order chi connectivity index (χ0) is 11.4. The van der Waals surface area contributed by atoms with Crippen molar-refractivity contribution in [3.05, 3.63) is 33.8 Å². The number of hydrogen-bond donors (Lipinski definition) is 2. The van der Waals surface area contributed by atoms with Gasteiger partial charge in [-0.3, -0.25) is 4.79 Å². The molecule has 0 aromatic heterocycles. The van der Waals surface area contributed by atoms with E-state index in [1.54, 1.807) is 0 Å². The first-order valence-electron chi connectivity index (χ1n) is 4.80. The predicted octanol–water partition coefficient (Wildman–Crippen LogP) is 1.97. The minimum absolute atomic E-state index is 0.373. The molecule has 0 radical (unpaired) electrons. The van der Waals surface area contributed by atoms with Gasteiger partial charge in [0, 0.05) is 4.47 Å². The van der Waals surface area contributed by atoms with Crippen molar-refractivity contribution in [2.75, 3.05) is 0 Å². The smallest absolute Gasteiger partial charge is 0.320 e. The number of hydrogen-bond acceptors (Lipinski definition) is 2. The Morgan fingerprint density at radius 2 is 2.20 bits per heavy atom. The number of carboxylic acids is 1. The summed E-state index contributed by atoms with van der Waals surface area (Å²) >= 11 is 3.36. The van der Waals surface area contributed by atoms with E-state index in [0.717, 1.165) is 22.0 Å². The minimum Gasteiger partial charge on any atom is -0.480 e. The molecule has 0 aliphatic carbocycles. The van der Waals surface area contributed by atoms with Gasteiger partial charge in [0.1, 0.15) is 6.04 Å². The van der Waals surface area contributed by atoms with Gasteiger partial charge in [-0.1, -0.05) is 28.9 Å². The summed E-state index contributed by atoms with van der Waals surface area (Å²) in [6, 6.07) is 5.05. The fourth-order valence-electron chi connectivity index (χ4n) is 1.45. The summed E-state index contributed by atoms with van der Waals surface area (Å²) in [6.45, 7) is 2.04. The number of aliphatic carboxylic acids is 1. The lowest BCUT2D eigenvalue weighted by Gasteiger charge is -2.11. The van der Waals surface area contributed by atoms with Crippen molar-refractivity contribution < 1.29 is 9.90 Å². The van der Waals surface area contributed by atoms with E-state index in [2.05, 4.69) is 15.9 Å². The fraction of sp³-hybridized carbons (Fsp3) is 0.364. The molecule has 0 fully saturated rings. The predicted molar refractivity (Wildman–Crippen MR) is 62.8 cm³/mol. The van der Waals surface area contributed by atoms with Crippen LogP contribution in [-0.2, 0) is 17.6 Å². The van der Waals surface area contributed by atoms with Crippen molar-refractivity contribution >= 4 is 21.9 Å². The van der Waals surface area contributed by atoms with E-state index in [4.69, 9.17) is 10.8 Å². The quantitative estimate of drug-likeness (QED) is 0.880. The molecule has 3 nitrogen and oxygen atoms in total. The van der Waals surface area contributed by atoms with Crippen LogP contribution in [0, 0.1) is 0 Å². The molecule has 0 heterocycles. The maximum atomic E-state index is 10.7. The maximum Gasteiger partial charge on any atom is 0.320 e. The Kier molecular flexibility index (Phi) is 4.29. The van der Waals surface area contributed by atoms with Gasteiger partial charge >= 0.3 is 5.97 Å². The summed E-state index contributed by atoms with van der Waals surface area (Å²) < 4.78 is 0.951. The van der Waals surface area contributed by atoms with Crippen molar-refractivity contribution in [2.45, 2.75) is 25.8 Å². The highest BCUT2D eigenvalue weighted by Gasteiger charge is 2.14. The van der Waals surface area contributed by atoms with Crippen LogP contribution in [0.15, 0.2) is 22.7 Å². The van der Waals surface area contributed by atoms with E-state index in [9.17, 15) is 4.79 Å². The summed E-state index contributed by atoms with van der Waals surface area (Å²) in [5.74, 6) is -0.961. The molecule has 1 aromatic rings. The normalized spacial score (nSPS) is 12.5. The average molecular weight is 272 g/mol. The van der Waals surface area contributed by atoms with Crippen molar-refractivity contribution in [2.24, 2.45) is 5.73 Å². The Bertz CT molecular complexity index is 366. The minimum atomic E-state index is -0.961. The van der Waals surface area contributed by atoms with Gasteiger partial charge in [-0.15, -0.1) is 0 Å². The van der Waals surface area contributed by atoms with Crippen LogP contribution in [0.4, 0.5) is 0 Å². The molecule has 0 saturated heterocycles. The van der Waals surface area contributed by atoms with Gasteiger partial charge in [0.25, 0.3) is 0 Å². The molecule has 4 heteroatoms. The fourth-order valence-corrected chi connectivity index (χ4v) is 1.86. The van der Waals surface area contributed by atoms with Crippen LogP contribution in [0.2, 0.25) is 0 Å². The summed E-state index contributed by atoms with van der Waals surface area (Å²) in [5, 5.41) is 8.74. The lowest BCUT2D eigenvalue weighted by atomic mass is 9.99. The van der Waals surface area contributed by atoms with Crippen LogP contribution in [0.3, 0.4) is 0 Å². The molecule has 1 unspecified atom stereocenters. The molecule has 0 aliphatic heterocycles. The second-order valence-corrected chi connectivity index (χ2v) is 4.33. The average Bonchev–Trinajstić information content (AvgIpc) is 2.18. The van der Waals surface area contributed by atoms with Crippen LogP contribution in [0.5, 0.6) is 0 Å². The largest absolute Gasteiger partial charge is 0.480 e. The van der Waals surface area contributed by atoms with Gasteiger partial charge in [-0.25, -0.2) is 0 Å². The van der Waals surface area contributed by atoms with Crippen LogP contribution < -0.4 is 5.73 Å². The second kappa shape index (κ2) is 5.28. The molecule has 0 saturated carbocycles. The Morgan fingerprint density at radius 3 is 2.73 bits per heavy atom. The van der Waals surface area contributed by atoms with Gasteiger partial charge in [0.05, 0.1) is 0 Å². The third-order valence-electron chi connectivity index (χ3n) is 2.31. The number of carboxylic acid groups (broad SMARTS) is 1. The lowest BCUT2D eigenvalue weighted by molar-refractivity contribution is -0.138. The Balaban J connectivity index is 2.91. The summed E-state index contributed by atoms with van der Waals surface area (Å²) in [5.41, 5.74) is 7.66. The van der Waals surface area contributed by atoms with Gasteiger partial charge in [0.2, 0.25) is 0 Å². The van der Waals surface area contributed by atoms with Crippen LogP contribution in [-0.4, -0.2) is 17.1 Å². The Morgan fingerprint density at radius 1 is 1.53 bits per heavy atom. The zero-order valence-corrected chi connectivity index (χ0v) is 10.1. The van der Waals surface area contributed by atoms with Crippen LogP contribution >= 0.6 is 15.9 Å². The van der Waals surface area contributed by atoms with Crippen molar-refractivity contribution in [1.82, 2.24) is 0 Å². The number of carbonyl (C=O) groups is 1. The number of rotatable bonds is 4. The van der Waals surface area contributed by atoms with E-state index < -0.39 is 12.0 Å². The van der Waals surface area contributed by atoms with Gasteiger partial charge in [-0.05, 0) is 36.1 Å². The maximum absolute atomic E-state index is 10.7. The highest BCUT2D eigenvalue weighted by Crippen LogP contribution is 2.18. The van der Waals surface area contributed by atoms with E-state index in [1.807, 2.05) is 25.1 Å². The highest BCUT2D eigenvalue weighted by molar-refractivity contribution is 9.10. The molecular formula is C11H14BrNO2. The molecular weight excluding hydrogens is 258 g/mol. The molecule has 0 aliphatic rings. The topological polar surface area (TPSA) is 63.3 Å². The molecule has 0 spiro atoms.